The third-order valence-electron chi connectivity index (χ3n) is 18.4. The number of imidazole rings is 1. The van der Waals surface area contributed by atoms with E-state index in [-0.39, 0.29) is 5.92 Å². The molecule has 15 aromatic rings. The van der Waals surface area contributed by atoms with Gasteiger partial charge in [0.15, 0.2) is 5.69 Å². The Morgan fingerprint density at radius 2 is 0.771 bits per heavy atom. The molecule has 5 aromatic carbocycles. The Morgan fingerprint density at radius 1 is 0.344 bits per heavy atom. The molecule has 0 aliphatic heterocycles. The zero-order valence-corrected chi connectivity index (χ0v) is 77.8. The average molecular weight is 1890 g/mol. The highest BCUT2D eigenvalue weighted by Crippen LogP contribution is 2.38. The summed E-state index contributed by atoms with van der Waals surface area (Å²) in [5, 5.41) is 27.2. The van der Waals surface area contributed by atoms with Crippen LogP contribution in [-0.2, 0) is 76.7 Å². The Bertz CT molecular complexity index is 5710. The van der Waals surface area contributed by atoms with Crippen LogP contribution in [0.5, 0.6) is 0 Å². The number of alkyl halides is 15. The Kier molecular flexibility index (Phi) is 38.1. The van der Waals surface area contributed by atoms with Gasteiger partial charge in [0.05, 0.1) is 93.9 Å². The molecule has 15 rings (SSSR count). The molecule has 0 fully saturated rings. The molecular formula is C96H108Cl2F15N17S. The standard InChI is InChI=1S/3C14H15F3N2.2C12H15N3.C11H12Cl2N2.C11H10F3NS.C8H11F3N2/c1-10(2)8-19-9-12(7-18-19)11-3-5-13(6-4-11)14(15,16)17;1-10(2)9-19-8-7-13(18-19)11-3-5-12(6-4-11)14(15,16)17;1-10(2)9-19-13(7-8-18-19)11-3-5-12(6-4-11)14(15,16)17;1-10(2)9-15-8-5-12(14-15)11-3-6-13-7-4-11;1-10(2)9-15-7-5-12(14-15)11-4-3-6-13-8-11;1-7(2)5-15-6-14-10-3-8(12)9(13)4-11(10)15;1-6(2)10-15-8-5-7(11(12,13)14)3-4-9(8)16-10;1-6(2)5-13-4-3-7(12-13)8(9,10)11/h3-7,9-10H,8H2,1-2H3;2*3-8,10H,9H2,1-2H3;2*3-8,10H,9H2,1-2H3;3-4,6-7H,5H2,1-2H3;3-6H,1-2H3;3-4,6H,5H2,1-2H3. The van der Waals surface area contributed by atoms with Gasteiger partial charge in [0.25, 0.3) is 0 Å². The number of thiazole rings is 1. The van der Waals surface area contributed by atoms with Gasteiger partial charge in [-0.3, -0.25) is 38.1 Å². The summed E-state index contributed by atoms with van der Waals surface area (Å²) in [5.74, 6) is 3.72. The molecule has 10 aromatic heterocycles. The summed E-state index contributed by atoms with van der Waals surface area (Å²) in [4.78, 5) is 16.6. The molecule has 0 aliphatic carbocycles. The fourth-order valence-corrected chi connectivity index (χ4v) is 13.8. The number of benzene rings is 5. The van der Waals surface area contributed by atoms with Gasteiger partial charge in [-0.05, 0) is 174 Å². The molecule has 0 saturated carbocycles. The van der Waals surface area contributed by atoms with Gasteiger partial charge in [-0.25, -0.2) is 9.97 Å². The molecule has 17 nitrogen and oxygen atoms in total. The minimum atomic E-state index is -4.33. The Balaban J connectivity index is 0.000000185. The molecule has 0 saturated heterocycles. The number of hydrogen-bond acceptors (Lipinski definition) is 11. The maximum Gasteiger partial charge on any atom is 0.435 e. The van der Waals surface area contributed by atoms with E-state index in [0.717, 1.165) is 160 Å². The summed E-state index contributed by atoms with van der Waals surface area (Å²) in [6.07, 6.45) is -0.0803. The van der Waals surface area contributed by atoms with Gasteiger partial charge in [-0.15, -0.1) is 11.3 Å². The minimum Gasteiger partial charge on any atom is -0.330 e. The van der Waals surface area contributed by atoms with Crippen molar-refractivity contribution in [3.8, 4) is 56.2 Å². The van der Waals surface area contributed by atoms with Crippen LogP contribution in [-0.4, -0.2) is 83.2 Å². The molecule has 131 heavy (non-hydrogen) atoms. The van der Waals surface area contributed by atoms with Crippen LogP contribution in [0, 0.1) is 41.4 Å². The molecule has 0 radical (unpaired) electrons. The summed E-state index contributed by atoms with van der Waals surface area (Å²) >= 11 is 13.3. The first kappa shape index (κ1) is 105. The zero-order valence-electron chi connectivity index (χ0n) is 75.4. The molecule has 0 unspecified atom stereocenters. The van der Waals surface area contributed by atoms with Crippen molar-refractivity contribution in [3.63, 3.8) is 0 Å². The van der Waals surface area contributed by atoms with Crippen LogP contribution in [0.3, 0.4) is 0 Å². The van der Waals surface area contributed by atoms with E-state index in [2.05, 4.69) is 138 Å². The van der Waals surface area contributed by atoms with Crippen LogP contribution in [0.4, 0.5) is 65.9 Å². The van der Waals surface area contributed by atoms with Crippen LogP contribution in [0.1, 0.15) is 150 Å². The first-order chi connectivity index (χ1) is 61.4. The molecule has 0 aliphatic rings. The third kappa shape index (κ3) is 34.0. The molecule has 0 atom stereocenters. The molecule has 0 N–H and O–H groups in total. The molecule has 35 heteroatoms. The lowest BCUT2D eigenvalue weighted by atomic mass is 10.1. The second-order valence-electron chi connectivity index (χ2n) is 34.0. The maximum absolute atomic E-state index is 12.5. The zero-order chi connectivity index (χ0) is 96.5. The lowest BCUT2D eigenvalue weighted by molar-refractivity contribution is -0.141. The molecule has 10 heterocycles. The number of aromatic nitrogens is 17. The van der Waals surface area contributed by atoms with E-state index in [1.165, 1.54) is 64.7 Å². The van der Waals surface area contributed by atoms with Crippen molar-refractivity contribution >= 4 is 55.8 Å². The average Bonchev–Trinajstić information content (AvgIpc) is 1.66. The van der Waals surface area contributed by atoms with E-state index in [1.54, 1.807) is 46.4 Å². The highest BCUT2D eigenvalue weighted by Gasteiger charge is 2.35. The number of pyridine rings is 2. The van der Waals surface area contributed by atoms with Crippen molar-refractivity contribution in [2.45, 2.75) is 193 Å². The van der Waals surface area contributed by atoms with E-state index < -0.39 is 58.8 Å². The summed E-state index contributed by atoms with van der Waals surface area (Å²) < 4.78 is 199. The third-order valence-corrected chi connectivity index (χ3v) is 20.5. The van der Waals surface area contributed by atoms with Gasteiger partial charge in [-0.2, -0.15) is 96.4 Å². The van der Waals surface area contributed by atoms with Crippen molar-refractivity contribution in [2.24, 2.45) is 41.4 Å². The monoisotopic (exact) mass is 1890 g/mol. The second-order valence-corrected chi connectivity index (χ2v) is 35.9. The van der Waals surface area contributed by atoms with Crippen LogP contribution in [0.25, 0.3) is 77.4 Å². The summed E-state index contributed by atoms with van der Waals surface area (Å²) in [6, 6.07) is 39.3. The smallest absolute Gasteiger partial charge is 0.330 e. The number of rotatable bonds is 20. The highest BCUT2D eigenvalue weighted by molar-refractivity contribution is 7.18. The predicted molar refractivity (Wildman–Crippen MR) is 488 cm³/mol. The van der Waals surface area contributed by atoms with Crippen molar-refractivity contribution in [1.29, 1.82) is 0 Å². The van der Waals surface area contributed by atoms with Gasteiger partial charge in [-0.1, -0.05) is 170 Å². The molecule has 0 spiro atoms. The maximum atomic E-state index is 12.5. The van der Waals surface area contributed by atoms with Crippen LogP contribution < -0.4 is 0 Å². The number of halogens is 17. The predicted octanol–water partition coefficient (Wildman–Crippen LogP) is 28.9. The first-order valence-corrected chi connectivity index (χ1v) is 43.9. The Hall–Kier alpha value is -11.5. The lowest BCUT2D eigenvalue weighted by Gasteiger charge is -2.11. The number of fused-ring (bicyclic) bond motifs is 2. The number of nitrogens with zero attached hydrogens (tertiary/aromatic N) is 17. The van der Waals surface area contributed by atoms with E-state index in [9.17, 15) is 65.9 Å². The molecule has 702 valence electrons. The molecule has 0 bridgehead atoms. The lowest BCUT2D eigenvalue weighted by Crippen LogP contribution is -2.09. The van der Waals surface area contributed by atoms with E-state index in [4.69, 9.17) is 23.2 Å². The topological polar surface area (TPSA) is 163 Å². The van der Waals surface area contributed by atoms with Gasteiger partial charge < -0.3 is 4.57 Å². The van der Waals surface area contributed by atoms with E-state index in [1.807, 2.05) is 134 Å². The number of hydrogen-bond donors (Lipinski definition) is 0. The van der Waals surface area contributed by atoms with Gasteiger partial charge in [0, 0.05) is 136 Å². The van der Waals surface area contributed by atoms with Crippen molar-refractivity contribution < 1.29 is 65.9 Å². The fraction of sp³-hybridized carbons (Fsp3) is 0.375. The van der Waals surface area contributed by atoms with Crippen LogP contribution >= 0.6 is 34.5 Å². The quantitative estimate of drug-likeness (QED) is 0.0671. The molecule has 0 amide bonds. The minimum absolute atomic E-state index is 0.242. The van der Waals surface area contributed by atoms with E-state index >= 15 is 0 Å². The summed E-state index contributed by atoms with van der Waals surface area (Å²) in [6.45, 7) is 39.1. The largest absolute Gasteiger partial charge is 0.435 e. The van der Waals surface area contributed by atoms with Crippen molar-refractivity contribution in [1.82, 2.24) is 83.2 Å². The van der Waals surface area contributed by atoms with Crippen molar-refractivity contribution in [2.75, 3.05) is 0 Å². The highest BCUT2D eigenvalue weighted by atomic mass is 35.5. The van der Waals surface area contributed by atoms with Gasteiger partial charge >= 0.3 is 30.9 Å². The van der Waals surface area contributed by atoms with Crippen LogP contribution in [0.15, 0.2) is 232 Å². The first-order valence-electron chi connectivity index (χ1n) is 42.3. The van der Waals surface area contributed by atoms with Crippen molar-refractivity contribution in [3.05, 3.63) is 275 Å². The van der Waals surface area contributed by atoms with Crippen LogP contribution in [0.2, 0.25) is 10.0 Å². The van der Waals surface area contributed by atoms with E-state index in [0.29, 0.717) is 74.8 Å². The fourth-order valence-electron chi connectivity index (χ4n) is 12.5. The Labute approximate surface area is 766 Å². The molecular weight excluding hydrogens is 1780 g/mol. The van der Waals surface area contributed by atoms with Gasteiger partial charge in [0.1, 0.15) is 0 Å². The second kappa shape index (κ2) is 47.6. The SMILES string of the molecule is CC(C)Cn1cc(-c2ccc(C(F)(F)F)cc2)cn1.CC(C)Cn1ccc(-c2ccc(C(F)(F)F)cc2)n1.CC(C)Cn1ccc(-c2cccnc2)n1.CC(C)Cn1ccc(-c2ccncc2)n1.CC(C)Cn1ccc(C(F)(F)F)n1.CC(C)Cn1cnc2cc(Cl)c(Cl)cc21.CC(C)Cn1nccc1-c1ccc(C(F)(F)F)cc1.CC(C)c1nc2cc(C(F)(F)F)ccc2s1. The summed E-state index contributed by atoms with van der Waals surface area (Å²) in [5.41, 5.74) is 7.71. The normalized spacial score (nSPS) is 11.9. The Morgan fingerprint density at radius 3 is 1.21 bits per heavy atom. The van der Waals surface area contributed by atoms with Gasteiger partial charge in [0.2, 0.25) is 0 Å². The summed E-state index contributed by atoms with van der Waals surface area (Å²) in [7, 11) is 0.